The van der Waals surface area contributed by atoms with Crippen molar-refractivity contribution in [3.8, 4) is 21.8 Å². The second-order valence-electron chi connectivity index (χ2n) is 4.79. The molecule has 0 spiro atoms. The molecule has 1 amide bonds. The van der Waals surface area contributed by atoms with Crippen molar-refractivity contribution in [2.45, 2.75) is 6.92 Å². The van der Waals surface area contributed by atoms with Gasteiger partial charge >= 0.3 is 0 Å². The minimum absolute atomic E-state index is 0.273. The number of aromatic nitrogens is 1. The maximum absolute atomic E-state index is 12.4. The van der Waals surface area contributed by atoms with Crippen molar-refractivity contribution in [1.82, 2.24) is 10.5 Å². The van der Waals surface area contributed by atoms with E-state index in [4.69, 9.17) is 4.84 Å². The lowest BCUT2D eigenvalue weighted by atomic mass is 10.1. The van der Waals surface area contributed by atoms with E-state index in [1.54, 1.807) is 0 Å². The van der Waals surface area contributed by atoms with E-state index in [1.165, 1.54) is 11.3 Å². The van der Waals surface area contributed by atoms with Crippen molar-refractivity contribution in [3.63, 3.8) is 0 Å². The highest BCUT2D eigenvalue weighted by Gasteiger charge is 2.20. The SMILES string of the molecule is CCONC(=O)c1sc(-c2ccccc2)nc1-c1ccccc1. The van der Waals surface area contributed by atoms with Gasteiger partial charge in [0.2, 0.25) is 0 Å². The Morgan fingerprint density at radius 3 is 2.26 bits per heavy atom. The van der Waals surface area contributed by atoms with Crippen LogP contribution in [0, 0.1) is 0 Å². The van der Waals surface area contributed by atoms with Gasteiger partial charge in [-0.05, 0) is 6.92 Å². The highest BCUT2D eigenvalue weighted by molar-refractivity contribution is 7.17. The quantitative estimate of drug-likeness (QED) is 0.717. The molecule has 4 nitrogen and oxygen atoms in total. The number of hydrogen-bond donors (Lipinski definition) is 1. The third kappa shape index (κ3) is 3.47. The zero-order valence-corrected chi connectivity index (χ0v) is 13.5. The molecule has 116 valence electrons. The van der Waals surface area contributed by atoms with Crippen LogP contribution in [0.4, 0.5) is 0 Å². The van der Waals surface area contributed by atoms with Gasteiger partial charge in [-0.15, -0.1) is 11.3 Å². The van der Waals surface area contributed by atoms with Crippen LogP contribution >= 0.6 is 11.3 Å². The van der Waals surface area contributed by atoms with E-state index in [9.17, 15) is 4.79 Å². The molecule has 0 atom stereocenters. The van der Waals surface area contributed by atoms with Crippen LogP contribution in [0.25, 0.3) is 21.8 Å². The van der Waals surface area contributed by atoms with Gasteiger partial charge in [-0.1, -0.05) is 60.7 Å². The number of carbonyl (C=O) groups excluding carboxylic acids is 1. The molecule has 3 aromatic rings. The summed E-state index contributed by atoms with van der Waals surface area (Å²) in [5.74, 6) is -0.273. The van der Waals surface area contributed by atoms with Crippen molar-refractivity contribution in [1.29, 1.82) is 0 Å². The molecule has 0 bridgehead atoms. The molecule has 3 rings (SSSR count). The van der Waals surface area contributed by atoms with E-state index in [-0.39, 0.29) is 5.91 Å². The Balaban J connectivity index is 2.05. The average Bonchev–Trinajstić information content (AvgIpc) is 3.07. The maximum Gasteiger partial charge on any atom is 0.287 e. The molecule has 0 unspecified atom stereocenters. The molecule has 2 aromatic carbocycles. The number of hydroxylamine groups is 1. The lowest BCUT2D eigenvalue weighted by molar-refractivity contribution is 0.0369. The van der Waals surface area contributed by atoms with Crippen molar-refractivity contribution in [2.75, 3.05) is 6.61 Å². The predicted octanol–water partition coefficient (Wildman–Crippen LogP) is 4.16. The van der Waals surface area contributed by atoms with Gasteiger partial charge in [0, 0.05) is 11.1 Å². The van der Waals surface area contributed by atoms with Gasteiger partial charge < -0.3 is 0 Å². The fourth-order valence-electron chi connectivity index (χ4n) is 2.15. The standard InChI is InChI=1S/C18H16N2O2S/c1-2-22-20-17(21)16-15(13-9-5-3-6-10-13)19-18(23-16)14-11-7-4-8-12-14/h3-12H,2H2,1H3,(H,20,21). The zero-order chi connectivity index (χ0) is 16.1. The number of rotatable bonds is 5. The molecular weight excluding hydrogens is 308 g/mol. The minimum atomic E-state index is -0.273. The monoisotopic (exact) mass is 324 g/mol. The van der Waals surface area contributed by atoms with E-state index in [1.807, 2.05) is 67.6 Å². The Bertz CT molecular complexity index is 785. The topological polar surface area (TPSA) is 51.2 Å². The highest BCUT2D eigenvalue weighted by Crippen LogP contribution is 2.33. The molecule has 0 radical (unpaired) electrons. The van der Waals surface area contributed by atoms with E-state index >= 15 is 0 Å². The van der Waals surface area contributed by atoms with Crippen LogP contribution in [-0.4, -0.2) is 17.5 Å². The Morgan fingerprint density at radius 2 is 1.65 bits per heavy atom. The van der Waals surface area contributed by atoms with Crippen LogP contribution in [0.2, 0.25) is 0 Å². The molecule has 0 aliphatic rings. The van der Waals surface area contributed by atoms with Gasteiger partial charge in [-0.2, -0.15) is 0 Å². The summed E-state index contributed by atoms with van der Waals surface area (Å²) in [4.78, 5) is 22.6. The number of amides is 1. The predicted molar refractivity (Wildman–Crippen MR) is 92.1 cm³/mol. The van der Waals surface area contributed by atoms with E-state index in [2.05, 4.69) is 10.5 Å². The van der Waals surface area contributed by atoms with E-state index in [0.717, 1.165) is 16.1 Å². The van der Waals surface area contributed by atoms with Gasteiger partial charge in [0.05, 0.1) is 12.3 Å². The first kappa shape index (κ1) is 15.4. The van der Waals surface area contributed by atoms with Crippen molar-refractivity contribution < 1.29 is 9.63 Å². The molecule has 1 N–H and O–H groups in total. The lowest BCUT2D eigenvalue weighted by Gasteiger charge is -2.03. The molecular formula is C18H16N2O2S. The number of nitrogens with one attached hydrogen (secondary N) is 1. The fourth-order valence-corrected chi connectivity index (χ4v) is 3.13. The maximum atomic E-state index is 12.4. The highest BCUT2D eigenvalue weighted by atomic mass is 32.1. The van der Waals surface area contributed by atoms with Crippen molar-refractivity contribution in [3.05, 3.63) is 65.5 Å². The first-order valence-corrected chi connectivity index (χ1v) is 8.15. The molecule has 1 aromatic heterocycles. The first-order valence-electron chi connectivity index (χ1n) is 7.33. The second-order valence-corrected chi connectivity index (χ2v) is 5.79. The van der Waals surface area contributed by atoms with Gasteiger partial charge in [-0.25, -0.2) is 10.5 Å². The summed E-state index contributed by atoms with van der Waals surface area (Å²) >= 11 is 1.36. The van der Waals surface area contributed by atoms with Crippen LogP contribution in [-0.2, 0) is 4.84 Å². The number of thiazole rings is 1. The Morgan fingerprint density at radius 1 is 1.04 bits per heavy atom. The number of carbonyl (C=O) groups is 1. The smallest absolute Gasteiger partial charge is 0.274 e. The molecule has 1 heterocycles. The van der Waals surface area contributed by atoms with Gasteiger partial charge in [0.25, 0.3) is 5.91 Å². The molecule has 0 saturated heterocycles. The molecule has 0 saturated carbocycles. The lowest BCUT2D eigenvalue weighted by Crippen LogP contribution is -2.23. The second kappa shape index (κ2) is 7.17. The summed E-state index contributed by atoms with van der Waals surface area (Å²) in [5, 5.41) is 0.811. The van der Waals surface area contributed by atoms with Crippen LogP contribution in [0.15, 0.2) is 60.7 Å². The van der Waals surface area contributed by atoms with E-state index in [0.29, 0.717) is 17.2 Å². The van der Waals surface area contributed by atoms with Crippen molar-refractivity contribution >= 4 is 17.2 Å². The van der Waals surface area contributed by atoms with E-state index < -0.39 is 0 Å². The molecule has 0 aliphatic heterocycles. The number of hydrogen-bond acceptors (Lipinski definition) is 4. The molecule has 0 aliphatic carbocycles. The Kier molecular flexibility index (Phi) is 4.80. The average molecular weight is 324 g/mol. The Labute approximate surface area is 138 Å². The third-order valence-corrected chi connectivity index (χ3v) is 4.31. The van der Waals surface area contributed by atoms with Gasteiger partial charge in [0.15, 0.2) is 0 Å². The minimum Gasteiger partial charge on any atom is -0.274 e. The third-order valence-electron chi connectivity index (χ3n) is 3.21. The summed E-state index contributed by atoms with van der Waals surface area (Å²) in [6, 6.07) is 19.5. The summed E-state index contributed by atoms with van der Waals surface area (Å²) in [6.07, 6.45) is 0. The molecule has 5 heteroatoms. The van der Waals surface area contributed by atoms with Crippen LogP contribution in [0.3, 0.4) is 0 Å². The van der Waals surface area contributed by atoms with Crippen molar-refractivity contribution in [2.24, 2.45) is 0 Å². The summed E-state index contributed by atoms with van der Waals surface area (Å²) < 4.78 is 0. The first-order chi connectivity index (χ1) is 11.3. The summed E-state index contributed by atoms with van der Waals surface area (Å²) in [5.41, 5.74) is 5.03. The van der Waals surface area contributed by atoms with Gasteiger partial charge in [0.1, 0.15) is 9.88 Å². The fraction of sp³-hybridized carbons (Fsp3) is 0.111. The molecule has 0 fully saturated rings. The van der Waals surface area contributed by atoms with Crippen LogP contribution in [0.1, 0.15) is 16.6 Å². The number of benzene rings is 2. The van der Waals surface area contributed by atoms with Crippen LogP contribution < -0.4 is 5.48 Å². The Hall–Kier alpha value is -2.50. The summed E-state index contributed by atoms with van der Waals surface area (Å²) in [7, 11) is 0. The summed E-state index contributed by atoms with van der Waals surface area (Å²) in [6.45, 7) is 2.23. The molecule has 23 heavy (non-hydrogen) atoms. The zero-order valence-electron chi connectivity index (χ0n) is 12.7. The normalized spacial score (nSPS) is 10.5. The number of nitrogens with zero attached hydrogens (tertiary/aromatic N) is 1. The largest absolute Gasteiger partial charge is 0.287 e. The van der Waals surface area contributed by atoms with Gasteiger partial charge in [-0.3, -0.25) is 9.63 Å². The van der Waals surface area contributed by atoms with Crippen LogP contribution in [0.5, 0.6) is 0 Å².